The molecule has 2 aliphatic heterocycles. The molecule has 6 nitrogen and oxygen atoms in total. The lowest BCUT2D eigenvalue weighted by Gasteiger charge is -2.34. The van der Waals surface area contributed by atoms with Gasteiger partial charge in [0.05, 0.1) is 7.11 Å². The minimum atomic E-state index is 0.00344. The second-order valence-electron chi connectivity index (χ2n) is 9.15. The number of likely N-dealkylation sites (tertiary alicyclic amines) is 1. The predicted molar refractivity (Wildman–Crippen MR) is 129 cm³/mol. The van der Waals surface area contributed by atoms with Crippen molar-refractivity contribution >= 4 is 11.7 Å². The van der Waals surface area contributed by atoms with E-state index in [1.807, 2.05) is 0 Å². The summed E-state index contributed by atoms with van der Waals surface area (Å²) in [6, 6.07) is 16.9. The number of nitrogens with zero attached hydrogens (tertiary/aromatic N) is 3. The highest BCUT2D eigenvalue weighted by Gasteiger charge is 2.22. The maximum atomic E-state index is 11.8. The van der Waals surface area contributed by atoms with Crippen LogP contribution >= 0.6 is 0 Å². The zero-order valence-electron chi connectivity index (χ0n) is 19.4. The van der Waals surface area contributed by atoms with E-state index in [1.165, 1.54) is 37.1 Å². The Morgan fingerprint density at radius 2 is 1.81 bits per heavy atom. The molecule has 4 rings (SSSR count). The molecule has 2 amide bonds. The Labute approximate surface area is 192 Å². The third-order valence-corrected chi connectivity index (χ3v) is 6.61. The molecule has 1 atom stereocenters. The van der Waals surface area contributed by atoms with Crippen LogP contribution in [0, 0.1) is 5.92 Å². The maximum Gasteiger partial charge on any atom is 0.321 e. The molecule has 1 N–H and O–H groups in total. The van der Waals surface area contributed by atoms with Crippen molar-refractivity contribution in [2.75, 3.05) is 58.3 Å². The first-order chi connectivity index (χ1) is 15.6. The van der Waals surface area contributed by atoms with Gasteiger partial charge in [0.15, 0.2) is 0 Å². The average molecular weight is 437 g/mol. The van der Waals surface area contributed by atoms with Crippen molar-refractivity contribution in [3.63, 3.8) is 0 Å². The first-order valence-corrected chi connectivity index (χ1v) is 11.8. The molecule has 2 heterocycles. The number of hydrogen-bond donors (Lipinski definition) is 1. The highest BCUT2D eigenvalue weighted by molar-refractivity contribution is 5.93. The Balaban J connectivity index is 1.22. The van der Waals surface area contributed by atoms with Crippen LogP contribution in [0.3, 0.4) is 0 Å². The fourth-order valence-electron chi connectivity index (χ4n) is 4.90. The Morgan fingerprint density at radius 3 is 2.50 bits per heavy atom. The molecule has 0 radical (unpaired) electrons. The van der Waals surface area contributed by atoms with Gasteiger partial charge in [0.2, 0.25) is 0 Å². The number of urea groups is 1. The van der Waals surface area contributed by atoms with Crippen molar-refractivity contribution in [1.82, 2.24) is 15.1 Å². The lowest BCUT2D eigenvalue weighted by Crippen LogP contribution is -2.40. The number of benzene rings is 2. The monoisotopic (exact) mass is 436 g/mol. The number of rotatable bonds is 9. The topological polar surface area (TPSA) is 48.1 Å². The minimum absolute atomic E-state index is 0.00344. The van der Waals surface area contributed by atoms with Gasteiger partial charge in [0.25, 0.3) is 0 Å². The molecule has 0 saturated carbocycles. The van der Waals surface area contributed by atoms with E-state index in [9.17, 15) is 4.79 Å². The highest BCUT2D eigenvalue weighted by atomic mass is 16.5. The predicted octanol–water partition coefficient (Wildman–Crippen LogP) is 3.61. The van der Waals surface area contributed by atoms with E-state index in [2.05, 4.69) is 70.7 Å². The molecule has 2 aliphatic rings. The summed E-state index contributed by atoms with van der Waals surface area (Å²) in [5, 5.41) is 2.86. The summed E-state index contributed by atoms with van der Waals surface area (Å²) in [6.45, 7) is 7.05. The fourth-order valence-corrected chi connectivity index (χ4v) is 4.90. The Kier molecular flexibility index (Phi) is 7.66. The van der Waals surface area contributed by atoms with E-state index in [0.29, 0.717) is 0 Å². The van der Waals surface area contributed by atoms with E-state index >= 15 is 0 Å². The number of hydrogen-bond acceptors (Lipinski definition) is 4. The van der Waals surface area contributed by atoms with Gasteiger partial charge in [-0.05, 0) is 74.2 Å². The van der Waals surface area contributed by atoms with Crippen molar-refractivity contribution < 1.29 is 9.53 Å². The zero-order valence-corrected chi connectivity index (χ0v) is 19.4. The van der Waals surface area contributed by atoms with E-state index in [1.54, 1.807) is 12.0 Å². The SMILES string of the molecule is COc1ccc(CCN2CCC[C@@H](CN(C)Cc3ccc(N4CCNC4=O)cc3)C2)cc1. The molecule has 2 saturated heterocycles. The molecule has 32 heavy (non-hydrogen) atoms. The van der Waals surface area contributed by atoms with Crippen LogP contribution in [0.4, 0.5) is 10.5 Å². The van der Waals surface area contributed by atoms with Crippen LogP contribution in [0.1, 0.15) is 24.0 Å². The molecular weight excluding hydrogens is 400 g/mol. The largest absolute Gasteiger partial charge is 0.497 e. The normalized spacial score (nSPS) is 19.4. The molecule has 0 aliphatic carbocycles. The van der Waals surface area contributed by atoms with Crippen LogP contribution in [-0.4, -0.2) is 69.3 Å². The third kappa shape index (κ3) is 6.02. The lowest BCUT2D eigenvalue weighted by molar-refractivity contribution is 0.142. The average Bonchev–Trinajstić information content (AvgIpc) is 3.24. The van der Waals surface area contributed by atoms with Crippen LogP contribution in [0.2, 0.25) is 0 Å². The molecule has 0 spiro atoms. The van der Waals surface area contributed by atoms with Gasteiger partial charge in [-0.2, -0.15) is 0 Å². The molecule has 6 heteroatoms. The molecule has 0 unspecified atom stereocenters. The number of ether oxygens (including phenoxy) is 1. The van der Waals surface area contributed by atoms with Crippen LogP contribution in [0.25, 0.3) is 0 Å². The Hall–Kier alpha value is -2.57. The maximum absolute atomic E-state index is 11.8. The first-order valence-electron chi connectivity index (χ1n) is 11.8. The van der Waals surface area contributed by atoms with Gasteiger partial charge in [0, 0.05) is 45.0 Å². The molecule has 0 aromatic heterocycles. The molecular formula is C26H36N4O2. The van der Waals surface area contributed by atoms with E-state index in [0.717, 1.165) is 56.5 Å². The number of methoxy groups -OCH3 is 1. The van der Waals surface area contributed by atoms with Gasteiger partial charge in [0.1, 0.15) is 5.75 Å². The smallest absolute Gasteiger partial charge is 0.321 e. The van der Waals surface area contributed by atoms with Crippen molar-refractivity contribution in [2.45, 2.75) is 25.8 Å². The molecule has 2 aromatic carbocycles. The van der Waals surface area contributed by atoms with Crippen LogP contribution < -0.4 is 15.0 Å². The lowest BCUT2D eigenvalue weighted by atomic mass is 9.97. The number of carbonyl (C=O) groups excluding carboxylic acids is 1. The minimum Gasteiger partial charge on any atom is -0.497 e. The zero-order chi connectivity index (χ0) is 22.3. The number of nitrogens with one attached hydrogen (secondary N) is 1. The van der Waals surface area contributed by atoms with Crippen LogP contribution in [0.5, 0.6) is 5.75 Å². The standard InChI is InChI=1S/C26H36N4O2/c1-28(18-22-5-9-24(10-6-22)30-17-14-27-26(30)31)19-23-4-3-15-29(20-23)16-13-21-7-11-25(32-2)12-8-21/h5-12,23H,3-4,13-20H2,1-2H3,(H,27,31)/t23-/m0/s1. The summed E-state index contributed by atoms with van der Waals surface area (Å²) < 4.78 is 5.26. The van der Waals surface area contributed by atoms with Crippen LogP contribution in [-0.2, 0) is 13.0 Å². The molecule has 2 fully saturated rings. The quantitative estimate of drug-likeness (QED) is 0.652. The summed E-state index contributed by atoms with van der Waals surface area (Å²) in [6.07, 6.45) is 3.69. The Bertz CT molecular complexity index is 868. The van der Waals surface area contributed by atoms with Crippen molar-refractivity contribution in [3.05, 3.63) is 59.7 Å². The summed E-state index contributed by atoms with van der Waals surface area (Å²) in [5.74, 6) is 1.64. The number of piperidine rings is 1. The second kappa shape index (κ2) is 10.8. The van der Waals surface area contributed by atoms with Gasteiger partial charge in [-0.3, -0.25) is 4.90 Å². The van der Waals surface area contributed by atoms with E-state index in [4.69, 9.17) is 4.74 Å². The van der Waals surface area contributed by atoms with E-state index < -0.39 is 0 Å². The second-order valence-corrected chi connectivity index (χ2v) is 9.15. The van der Waals surface area contributed by atoms with Gasteiger partial charge in [-0.25, -0.2) is 4.79 Å². The van der Waals surface area contributed by atoms with Crippen molar-refractivity contribution in [2.24, 2.45) is 5.92 Å². The number of carbonyl (C=O) groups is 1. The summed E-state index contributed by atoms with van der Waals surface area (Å²) in [5.41, 5.74) is 3.65. The number of amides is 2. The van der Waals surface area contributed by atoms with E-state index in [-0.39, 0.29) is 6.03 Å². The van der Waals surface area contributed by atoms with Gasteiger partial charge in [-0.15, -0.1) is 0 Å². The third-order valence-electron chi connectivity index (χ3n) is 6.61. The summed E-state index contributed by atoms with van der Waals surface area (Å²) >= 11 is 0. The van der Waals surface area contributed by atoms with Gasteiger partial charge in [-0.1, -0.05) is 24.3 Å². The number of anilines is 1. The highest BCUT2D eigenvalue weighted by Crippen LogP contribution is 2.21. The van der Waals surface area contributed by atoms with Gasteiger partial charge < -0.3 is 19.9 Å². The molecule has 2 aromatic rings. The Morgan fingerprint density at radius 1 is 1.06 bits per heavy atom. The van der Waals surface area contributed by atoms with Gasteiger partial charge >= 0.3 is 6.03 Å². The summed E-state index contributed by atoms with van der Waals surface area (Å²) in [7, 11) is 3.93. The fraction of sp³-hybridized carbons (Fsp3) is 0.500. The van der Waals surface area contributed by atoms with Crippen molar-refractivity contribution in [3.8, 4) is 5.75 Å². The first kappa shape index (κ1) is 22.6. The summed E-state index contributed by atoms with van der Waals surface area (Å²) in [4.78, 5) is 18.7. The van der Waals surface area contributed by atoms with Crippen molar-refractivity contribution in [1.29, 1.82) is 0 Å². The molecule has 172 valence electrons. The van der Waals surface area contributed by atoms with Crippen LogP contribution in [0.15, 0.2) is 48.5 Å². The molecule has 0 bridgehead atoms.